The molecule has 3 aromatic carbocycles. The fourth-order valence-electron chi connectivity index (χ4n) is 5.64. The third-order valence-electron chi connectivity index (χ3n) is 7.97. The Bertz CT molecular complexity index is 1330. The second-order valence-electron chi connectivity index (χ2n) is 10.6. The van der Waals surface area contributed by atoms with Gasteiger partial charge in [0.05, 0.1) is 13.2 Å². The molecule has 0 bridgehead atoms. The van der Waals surface area contributed by atoms with Crippen molar-refractivity contribution < 1.29 is 35.8 Å². The minimum atomic E-state index is -1.08. The van der Waals surface area contributed by atoms with E-state index in [1.165, 1.54) is 30.3 Å². The third-order valence-corrected chi connectivity index (χ3v) is 7.97. The van der Waals surface area contributed by atoms with Gasteiger partial charge in [-0.1, -0.05) is 44.0 Å². The Morgan fingerprint density at radius 2 is 1.02 bits per heavy atom. The van der Waals surface area contributed by atoms with Gasteiger partial charge in [0, 0.05) is 0 Å². The van der Waals surface area contributed by atoms with Gasteiger partial charge in [-0.15, -0.1) is 0 Å². The van der Waals surface area contributed by atoms with Crippen LogP contribution in [0.2, 0.25) is 0 Å². The minimum absolute atomic E-state index is 0.00851. The normalized spacial score (nSPS) is 17.1. The van der Waals surface area contributed by atoms with E-state index in [0.717, 1.165) is 19.3 Å². The number of ether oxygens (including phenoxy) is 2. The van der Waals surface area contributed by atoms with Gasteiger partial charge >= 0.3 is 0 Å². The van der Waals surface area contributed by atoms with E-state index in [1.54, 1.807) is 13.0 Å². The van der Waals surface area contributed by atoms with Crippen molar-refractivity contribution in [3.63, 3.8) is 0 Å². The maximum Gasteiger partial charge on any atom is 0.200 e. The largest absolute Gasteiger partial charge is 0.491 e. The van der Waals surface area contributed by atoms with Crippen molar-refractivity contribution in [1.82, 2.24) is 0 Å². The van der Waals surface area contributed by atoms with Crippen molar-refractivity contribution >= 4 is 0 Å². The molecule has 0 heterocycles. The highest BCUT2D eigenvalue weighted by molar-refractivity contribution is 5.35. The molecule has 0 aromatic heterocycles. The zero-order valence-electron chi connectivity index (χ0n) is 23.5. The van der Waals surface area contributed by atoms with Gasteiger partial charge in [0.1, 0.15) is 0 Å². The molecule has 1 aliphatic rings. The number of hydrogen-bond donors (Lipinski definition) is 0. The summed E-state index contributed by atoms with van der Waals surface area (Å²) < 4.78 is 98.7. The fraction of sp³-hybridized carbons (Fsp3) is 0.455. The molecule has 0 aliphatic heterocycles. The molecular formula is C33H36F6O2. The van der Waals surface area contributed by atoms with Crippen molar-refractivity contribution in [2.75, 3.05) is 13.2 Å². The number of unbranched alkanes of at least 4 members (excludes halogenated alkanes) is 2. The maximum absolute atomic E-state index is 15.1. The molecule has 8 heteroatoms. The Morgan fingerprint density at radius 3 is 1.61 bits per heavy atom. The Hall–Kier alpha value is -3.16. The lowest BCUT2D eigenvalue weighted by Gasteiger charge is -2.30. The molecule has 0 N–H and O–H groups in total. The summed E-state index contributed by atoms with van der Waals surface area (Å²) in [6.07, 6.45) is 4.61. The van der Waals surface area contributed by atoms with Crippen LogP contribution in [-0.4, -0.2) is 13.2 Å². The number of hydrogen-bond acceptors (Lipinski definition) is 2. The molecule has 1 saturated carbocycles. The van der Waals surface area contributed by atoms with Gasteiger partial charge in [0.25, 0.3) is 0 Å². The number of rotatable bonds is 12. The summed E-state index contributed by atoms with van der Waals surface area (Å²) in [4.78, 5) is 0. The smallest absolute Gasteiger partial charge is 0.200 e. The molecule has 0 radical (unpaired) electrons. The Morgan fingerprint density at radius 1 is 0.561 bits per heavy atom. The first-order valence-corrected chi connectivity index (χ1v) is 14.4. The van der Waals surface area contributed by atoms with Gasteiger partial charge in [-0.05, 0) is 98.1 Å². The molecule has 4 rings (SSSR count). The van der Waals surface area contributed by atoms with Gasteiger partial charge in [0.15, 0.2) is 34.8 Å². The second-order valence-corrected chi connectivity index (χ2v) is 10.6. The summed E-state index contributed by atoms with van der Waals surface area (Å²) in [5.74, 6) is -6.79. The molecule has 0 spiro atoms. The lowest BCUT2D eigenvalue weighted by atomic mass is 9.75. The maximum atomic E-state index is 15.1. The monoisotopic (exact) mass is 578 g/mol. The summed E-state index contributed by atoms with van der Waals surface area (Å²) in [6, 6.07) is 8.76. The summed E-state index contributed by atoms with van der Waals surface area (Å²) in [5.41, 5.74) is 0.645. The highest BCUT2D eigenvalue weighted by atomic mass is 19.2. The number of benzene rings is 3. The summed E-state index contributed by atoms with van der Waals surface area (Å²) in [7, 11) is 0. The van der Waals surface area contributed by atoms with Crippen molar-refractivity contribution in [3.05, 3.63) is 93.6 Å². The van der Waals surface area contributed by atoms with Crippen LogP contribution in [0.15, 0.2) is 36.4 Å². The van der Waals surface area contributed by atoms with E-state index in [4.69, 9.17) is 9.47 Å². The molecule has 3 aromatic rings. The SMILES string of the molecule is CCCCCOc1ccc(CCc2ccc(C3CCC(c4ccc(OCC)c(F)c4F)CC3)c(F)c2F)c(F)c1F. The van der Waals surface area contributed by atoms with E-state index < -0.39 is 34.9 Å². The van der Waals surface area contributed by atoms with Crippen LogP contribution in [-0.2, 0) is 12.8 Å². The lowest BCUT2D eigenvalue weighted by Crippen LogP contribution is -2.16. The summed E-state index contributed by atoms with van der Waals surface area (Å²) >= 11 is 0. The highest BCUT2D eigenvalue weighted by Gasteiger charge is 2.29. The van der Waals surface area contributed by atoms with Crippen molar-refractivity contribution in [3.8, 4) is 11.5 Å². The van der Waals surface area contributed by atoms with Crippen molar-refractivity contribution in [1.29, 1.82) is 0 Å². The highest BCUT2D eigenvalue weighted by Crippen LogP contribution is 2.43. The average Bonchev–Trinajstić information content (AvgIpc) is 2.97. The van der Waals surface area contributed by atoms with Crippen LogP contribution < -0.4 is 9.47 Å². The minimum Gasteiger partial charge on any atom is -0.491 e. The van der Waals surface area contributed by atoms with Crippen molar-refractivity contribution in [2.45, 2.75) is 83.5 Å². The number of aryl methyl sites for hydroxylation is 2. The van der Waals surface area contributed by atoms with E-state index in [1.807, 2.05) is 6.92 Å². The fourth-order valence-corrected chi connectivity index (χ4v) is 5.64. The van der Waals surface area contributed by atoms with Crippen LogP contribution >= 0.6 is 0 Å². The van der Waals surface area contributed by atoms with Gasteiger partial charge in [0.2, 0.25) is 11.6 Å². The summed E-state index contributed by atoms with van der Waals surface area (Å²) in [6.45, 7) is 4.23. The van der Waals surface area contributed by atoms with Gasteiger partial charge < -0.3 is 9.47 Å². The standard InChI is InChI=1S/C33H36F6O2/c1-3-5-6-19-41-27-17-14-23(29(35)32(27)38)12-11-22-13-15-24(30(36)28(22)34)20-7-9-21(10-8-20)25-16-18-26(40-4-2)33(39)31(25)37/h13-18,20-21H,3-12,19H2,1-2H3. The van der Waals surface area contributed by atoms with Crippen LogP contribution in [0.5, 0.6) is 11.5 Å². The zero-order valence-corrected chi connectivity index (χ0v) is 23.5. The lowest BCUT2D eigenvalue weighted by molar-refractivity contribution is 0.285. The van der Waals surface area contributed by atoms with Gasteiger partial charge in [-0.25, -0.2) is 17.6 Å². The third kappa shape index (κ3) is 7.02. The average molecular weight is 579 g/mol. The van der Waals surface area contributed by atoms with E-state index in [0.29, 0.717) is 32.3 Å². The first kappa shape index (κ1) is 30.8. The first-order chi connectivity index (χ1) is 19.8. The van der Waals surface area contributed by atoms with Crippen LogP contribution in [0.4, 0.5) is 26.3 Å². The van der Waals surface area contributed by atoms with E-state index >= 15 is 8.78 Å². The van der Waals surface area contributed by atoms with E-state index in [2.05, 4.69) is 0 Å². The Balaban J connectivity index is 1.38. The second kappa shape index (κ2) is 14.1. The van der Waals surface area contributed by atoms with Crippen LogP contribution in [0.3, 0.4) is 0 Å². The molecule has 0 saturated heterocycles. The molecule has 1 aliphatic carbocycles. The number of halogens is 6. The van der Waals surface area contributed by atoms with Crippen LogP contribution in [0.25, 0.3) is 0 Å². The zero-order chi connectivity index (χ0) is 29.5. The molecule has 1 fully saturated rings. The molecular weight excluding hydrogens is 542 g/mol. The molecule has 0 unspecified atom stereocenters. The molecule has 0 amide bonds. The Kier molecular flexibility index (Phi) is 10.6. The quantitative estimate of drug-likeness (QED) is 0.157. The van der Waals surface area contributed by atoms with Crippen LogP contribution in [0.1, 0.15) is 92.9 Å². The predicted molar refractivity (Wildman–Crippen MR) is 147 cm³/mol. The van der Waals surface area contributed by atoms with Crippen molar-refractivity contribution in [2.24, 2.45) is 0 Å². The topological polar surface area (TPSA) is 18.5 Å². The van der Waals surface area contributed by atoms with Gasteiger partial charge in [-0.2, -0.15) is 8.78 Å². The Labute approximate surface area is 237 Å². The first-order valence-electron chi connectivity index (χ1n) is 14.4. The predicted octanol–water partition coefficient (Wildman–Crippen LogP) is 9.72. The molecule has 41 heavy (non-hydrogen) atoms. The van der Waals surface area contributed by atoms with Crippen LogP contribution in [0, 0.1) is 34.9 Å². The van der Waals surface area contributed by atoms with Gasteiger partial charge in [-0.3, -0.25) is 0 Å². The molecule has 0 atom stereocenters. The van der Waals surface area contributed by atoms with E-state index in [-0.39, 0.29) is 65.0 Å². The molecule has 2 nitrogen and oxygen atoms in total. The molecule has 222 valence electrons. The summed E-state index contributed by atoms with van der Waals surface area (Å²) in [5, 5.41) is 0. The van der Waals surface area contributed by atoms with E-state index in [9.17, 15) is 17.6 Å².